The lowest BCUT2D eigenvalue weighted by molar-refractivity contribution is 0.104. The van der Waals surface area contributed by atoms with Gasteiger partial charge in [0.1, 0.15) is 0 Å². The first-order valence-corrected chi connectivity index (χ1v) is 8.44. The van der Waals surface area contributed by atoms with E-state index in [1.54, 1.807) is 17.4 Å². The molecular weight excluding hydrogens is 294 g/mol. The largest absolute Gasteiger partial charge is 0.393 e. The predicted octanol–water partition coefficient (Wildman–Crippen LogP) is 3.61. The molecule has 1 fully saturated rings. The highest BCUT2D eigenvalue weighted by atomic mass is 32.1. The van der Waals surface area contributed by atoms with E-state index < -0.39 is 0 Å². The second-order valence-electron chi connectivity index (χ2n) is 5.52. The number of hydrogen-bond donors (Lipinski definition) is 1. The summed E-state index contributed by atoms with van der Waals surface area (Å²) in [6.45, 7) is 1.74. The van der Waals surface area contributed by atoms with Crippen molar-refractivity contribution in [1.82, 2.24) is 0 Å². The summed E-state index contributed by atoms with van der Waals surface area (Å²) >= 11 is 1.62. The maximum atomic E-state index is 12.1. The number of ketones is 1. The van der Waals surface area contributed by atoms with Crippen LogP contribution in [0.1, 0.15) is 28.8 Å². The Labute approximate surface area is 134 Å². The maximum Gasteiger partial charge on any atom is 0.185 e. The van der Waals surface area contributed by atoms with E-state index in [2.05, 4.69) is 4.90 Å². The average molecular weight is 313 g/mol. The van der Waals surface area contributed by atoms with Gasteiger partial charge in [0.05, 0.1) is 6.10 Å². The molecule has 0 atom stereocenters. The quantitative estimate of drug-likeness (QED) is 0.692. The summed E-state index contributed by atoms with van der Waals surface area (Å²) in [6, 6.07) is 9.72. The molecule has 0 radical (unpaired) electrons. The Balaban J connectivity index is 1.65. The molecule has 3 rings (SSSR count). The highest BCUT2D eigenvalue weighted by Crippen LogP contribution is 2.21. The molecule has 114 valence electrons. The van der Waals surface area contributed by atoms with Crippen LogP contribution in [0.15, 0.2) is 47.2 Å². The van der Waals surface area contributed by atoms with Crippen LogP contribution >= 0.6 is 11.3 Å². The molecule has 0 saturated carbocycles. The van der Waals surface area contributed by atoms with Gasteiger partial charge in [-0.3, -0.25) is 4.79 Å². The minimum atomic E-state index is -0.167. The molecule has 1 aliphatic rings. The first kappa shape index (κ1) is 15.0. The normalized spacial score (nSPS) is 16.3. The van der Waals surface area contributed by atoms with Gasteiger partial charge in [0.15, 0.2) is 5.78 Å². The standard InChI is InChI=1S/C18H19NO2S/c20-17-7-10-19(11-8-17)16-4-2-15(3-5-16)18(21)6-1-14-9-12-22-13-14/h1-6,9,12-13,17,20H,7-8,10-11H2. The Morgan fingerprint density at radius 3 is 2.55 bits per heavy atom. The van der Waals surface area contributed by atoms with Crippen molar-refractivity contribution in [2.75, 3.05) is 18.0 Å². The number of allylic oxidation sites excluding steroid dienone is 1. The fraction of sp³-hybridized carbons (Fsp3) is 0.278. The van der Waals surface area contributed by atoms with Gasteiger partial charge in [-0.05, 0) is 65.6 Å². The monoisotopic (exact) mass is 313 g/mol. The van der Waals surface area contributed by atoms with E-state index in [9.17, 15) is 9.90 Å². The number of hydrogen-bond acceptors (Lipinski definition) is 4. The molecule has 0 aliphatic carbocycles. The van der Waals surface area contributed by atoms with E-state index in [0.29, 0.717) is 5.56 Å². The third-order valence-corrected chi connectivity index (χ3v) is 4.65. The van der Waals surface area contributed by atoms with E-state index >= 15 is 0 Å². The van der Waals surface area contributed by atoms with E-state index in [1.165, 1.54) is 0 Å². The molecule has 0 spiro atoms. The molecule has 0 amide bonds. The molecule has 1 aromatic heterocycles. The van der Waals surface area contributed by atoms with Crippen molar-refractivity contribution >= 4 is 28.9 Å². The van der Waals surface area contributed by atoms with E-state index in [4.69, 9.17) is 0 Å². The topological polar surface area (TPSA) is 40.5 Å². The molecule has 2 aromatic rings. The lowest BCUT2D eigenvalue weighted by Gasteiger charge is -2.31. The number of carbonyl (C=O) groups is 1. The number of rotatable bonds is 4. The second kappa shape index (κ2) is 6.90. The lowest BCUT2D eigenvalue weighted by Crippen LogP contribution is -2.35. The van der Waals surface area contributed by atoms with Crippen molar-refractivity contribution in [2.24, 2.45) is 0 Å². The summed E-state index contributed by atoms with van der Waals surface area (Å²) in [5, 5.41) is 13.6. The van der Waals surface area contributed by atoms with E-state index in [1.807, 2.05) is 47.2 Å². The highest BCUT2D eigenvalue weighted by molar-refractivity contribution is 7.08. The fourth-order valence-electron chi connectivity index (χ4n) is 2.60. The molecule has 1 aromatic carbocycles. The maximum absolute atomic E-state index is 12.1. The van der Waals surface area contributed by atoms with Crippen molar-refractivity contribution in [3.05, 3.63) is 58.3 Å². The zero-order valence-electron chi connectivity index (χ0n) is 12.3. The number of benzene rings is 1. The van der Waals surface area contributed by atoms with Gasteiger partial charge < -0.3 is 10.0 Å². The van der Waals surface area contributed by atoms with Gasteiger partial charge in [0, 0.05) is 24.3 Å². The second-order valence-corrected chi connectivity index (χ2v) is 6.30. The van der Waals surface area contributed by atoms with Crippen molar-refractivity contribution in [3.8, 4) is 0 Å². The SMILES string of the molecule is O=C(C=Cc1ccsc1)c1ccc(N2CCC(O)CC2)cc1. The van der Waals surface area contributed by atoms with E-state index in [-0.39, 0.29) is 11.9 Å². The zero-order chi connectivity index (χ0) is 15.4. The molecule has 4 heteroatoms. The third-order valence-electron chi connectivity index (χ3n) is 3.95. The van der Waals surface area contributed by atoms with Crippen LogP contribution in [0.4, 0.5) is 5.69 Å². The van der Waals surface area contributed by atoms with Gasteiger partial charge in [-0.2, -0.15) is 11.3 Å². The minimum absolute atomic E-state index is 0.0202. The summed E-state index contributed by atoms with van der Waals surface area (Å²) in [4.78, 5) is 14.4. The fourth-order valence-corrected chi connectivity index (χ4v) is 3.23. The summed E-state index contributed by atoms with van der Waals surface area (Å²) < 4.78 is 0. The molecule has 1 saturated heterocycles. The van der Waals surface area contributed by atoms with Crippen LogP contribution in [-0.2, 0) is 0 Å². The smallest absolute Gasteiger partial charge is 0.185 e. The number of aliphatic hydroxyl groups is 1. The highest BCUT2D eigenvalue weighted by Gasteiger charge is 2.17. The van der Waals surface area contributed by atoms with Gasteiger partial charge >= 0.3 is 0 Å². The van der Waals surface area contributed by atoms with Crippen molar-refractivity contribution < 1.29 is 9.90 Å². The molecular formula is C18H19NO2S. The average Bonchev–Trinajstić information content (AvgIpc) is 3.07. The molecule has 22 heavy (non-hydrogen) atoms. The van der Waals surface area contributed by atoms with Gasteiger partial charge in [-0.15, -0.1) is 0 Å². The number of nitrogens with zero attached hydrogens (tertiary/aromatic N) is 1. The van der Waals surface area contributed by atoms with Crippen LogP contribution in [-0.4, -0.2) is 30.1 Å². The predicted molar refractivity (Wildman–Crippen MR) is 91.6 cm³/mol. The molecule has 0 unspecified atom stereocenters. The molecule has 0 bridgehead atoms. The summed E-state index contributed by atoms with van der Waals surface area (Å²) in [6.07, 6.45) is 4.92. The summed E-state index contributed by atoms with van der Waals surface area (Å²) in [5.74, 6) is 0.0202. The van der Waals surface area contributed by atoms with Crippen molar-refractivity contribution in [1.29, 1.82) is 0 Å². The summed E-state index contributed by atoms with van der Waals surface area (Å²) in [7, 11) is 0. The Kier molecular flexibility index (Phi) is 4.71. The molecule has 1 aliphatic heterocycles. The van der Waals surface area contributed by atoms with Crippen LogP contribution in [0.25, 0.3) is 6.08 Å². The molecule has 2 heterocycles. The third kappa shape index (κ3) is 3.64. The van der Waals surface area contributed by atoms with Crippen LogP contribution in [0, 0.1) is 0 Å². The Morgan fingerprint density at radius 2 is 1.91 bits per heavy atom. The van der Waals surface area contributed by atoms with Crippen LogP contribution in [0.2, 0.25) is 0 Å². The van der Waals surface area contributed by atoms with E-state index in [0.717, 1.165) is 37.2 Å². The Hall–Kier alpha value is -1.91. The van der Waals surface area contributed by atoms with Crippen LogP contribution < -0.4 is 4.90 Å². The van der Waals surface area contributed by atoms with Crippen molar-refractivity contribution in [3.63, 3.8) is 0 Å². The number of carbonyl (C=O) groups excluding carboxylic acids is 1. The number of thiophene rings is 1. The number of piperidine rings is 1. The lowest BCUT2D eigenvalue weighted by atomic mass is 10.1. The number of aliphatic hydroxyl groups excluding tert-OH is 1. The summed E-state index contributed by atoms with van der Waals surface area (Å²) in [5.41, 5.74) is 2.87. The first-order valence-electron chi connectivity index (χ1n) is 7.50. The van der Waals surface area contributed by atoms with Gasteiger partial charge in [-0.25, -0.2) is 0 Å². The number of anilines is 1. The van der Waals surface area contributed by atoms with Crippen LogP contribution in [0.5, 0.6) is 0 Å². The molecule has 3 nitrogen and oxygen atoms in total. The van der Waals surface area contributed by atoms with Gasteiger partial charge in [0.2, 0.25) is 0 Å². The van der Waals surface area contributed by atoms with Crippen LogP contribution in [0.3, 0.4) is 0 Å². The van der Waals surface area contributed by atoms with Gasteiger partial charge in [-0.1, -0.05) is 6.08 Å². The first-order chi connectivity index (χ1) is 10.7. The molecule has 1 N–H and O–H groups in total. The van der Waals surface area contributed by atoms with Crippen molar-refractivity contribution in [2.45, 2.75) is 18.9 Å². The van der Waals surface area contributed by atoms with Gasteiger partial charge in [0.25, 0.3) is 0 Å². The Bertz CT molecular complexity index is 638. The minimum Gasteiger partial charge on any atom is -0.393 e. The zero-order valence-corrected chi connectivity index (χ0v) is 13.1. The Morgan fingerprint density at radius 1 is 1.18 bits per heavy atom.